The second kappa shape index (κ2) is 5.59. The second-order valence-corrected chi connectivity index (χ2v) is 5.62. The third-order valence-electron chi connectivity index (χ3n) is 4.24. The summed E-state index contributed by atoms with van der Waals surface area (Å²) in [4.78, 5) is 18.5. The van der Waals surface area contributed by atoms with Gasteiger partial charge in [0.15, 0.2) is 0 Å². The Morgan fingerprint density at radius 3 is 3.05 bits per heavy atom. The Morgan fingerprint density at radius 2 is 2.32 bits per heavy atom. The van der Waals surface area contributed by atoms with Crippen LogP contribution < -0.4 is 0 Å². The van der Waals surface area contributed by atoms with Crippen LogP contribution in [0.5, 0.6) is 0 Å². The molecule has 0 radical (unpaired) electrons. The van der Waals surface area contributed by atoms with Gasteiger partial charge in [0, 0.05) is 31.9 Å². The van der Waals surface area contributed by atoms with Gasteiger partial charge in [0.2, 0.25) is 5.91 Å². The van der Waals surface area contributed by atoms with Crippen LogP contribution in [-0.4, -0.2) is 33.4 Å². The second-order valence-electron chi connectivity index (χ2n) is 5.62. The lowest BCUT2D eigenvalue weighted by Crippen LogP contribution is -2.41. The van der Waals surface area contributed by atoms with E-state index in [1.54, 1.807) is 0 Å². The molecule has 0 unspecified atom stereocenters. The molecule has 0 bridgehead atoms. The van der Waals surface area contributed by atoms with Gasteiger partial charge in [-0.15, -0.1) is 0 Å². The predicted octanol–water partition coefficient (Wildman–Crippen LogP) is 2.40. The quantitative estimate of drug-likeness (QED) is 0.782. The number of rotatable bonds is 3. The van der Waals surface area contributed by atoms with Crippen LogP contribution in [0.4, 0.5) is 0 Å². The minimum atomic E-state index is 0.321. The number of aromatic nitrogens is 2. The molecular weight excluding hydrogens is 238 g/mol. The zero-order valence-corrected chi connectivity index (χ0v) is 11.2. The zero-order valence-electron chi connectivity index (χ0n) is 11.2. The molecule has 1 aliphatic carbocycles. The van der Waals surface area contributed by atoms with Gasteiger partial charge in [-0.05, 0) is 31.6 Å². The van der Waals surface area contributed by atoms with Crippen molar-refractivity contribution in [1.82, 2.24) is 14.5 Å². The highest BCUT2D eigenvalue weighted by atomic mass is 16.2. The number of hydrogen-bond donors (Lipinski definition) is 0. The van der Waals surface area contributed by atoms with Gasteiger partial charge in [-0.1, -0.05) is 12.2 Å². The van der Waals surface area contributed by atoms with E-state index >= 15 is 0 Å². The van der Waals surface area contributed by atoms with Crippen molar-refractivity contribution in [3.05, 3.63) is 30.9 Å². The van der Waals surface area contributed by atoms with Crippen molar-refractivity contribution in [3.8, 4) is 0 Å². The first kappa shape index (κ1) is 12.5. The predicted molar refractivity (Wildman–Crippen MR) is 73.6 cm³/mol. The van der Waals surface area contributed by atoms with E-state index in [1.165, 1.54) is 0 Å². The fraction of sp³-hybridized carbons (Fsp3) is 0.600. The molecule has 2 heterocycles. The van der Waals surface area contributed by atoms with E-state index in [0.29, 0.717) is 24.3 Å². The summed E-state index contributed by atoms with van der Waals surface area (Å²) in [5, 5.41) is 0. The first-order valence-corrected chi connectivity index (χ1v) is 7.25. The van der Waals surface area contributed by atoms with Gasteiger partial charge in [0.25, 0.3) is 0 Å². The maximum absolute atomic E-state index is 12.3. The molecule has 1 saturated heterocycles. The molecule has 1 amide bonds. The average molecular weight is 259 g/mol. The molecule has 2 aliphatic rings. The monoisotopic (exact) mass is 259 g/mol. The number of likely N-dealkylation sites (tertiary alicyclic amines) is 1. The lowest BCUT2D eigenvalue weighted by Gasteiger charge is -2.33. The number of nitrogens with zero attached hydrogens (tertiary/aromatic N) is 3. The van der Waals surface area contributed by atoms with E-state index in [0.717, 1.165) is 38.8 Å². The molecular formula is C15H21N3O. The van der Waals surface area contributed by atoms with Crippen LogP contribution in [0.15, 0.2) is 30.9 Å². The lowest BCUT2D eigenvalue weighted by atomic mass is 10.0. The summed E-state index contributed by atoms with van der Waals surface area (Å²) in [5.74, 6) is 0.794. The number of carbonyl (C=O) groups is 1. The summed E-state index contributed by atoms with van der Waals surface area (Å²) in [6.45, 7) is 1.76. The van der Waals surface area contributed by atoms with Gasteiger partial charge in [-0.25, -0.2) is 4.98 Å². The van der Waals surface area contributed by atoms with Crippen molar-refractivity contribution >= 4 is 5.91 Å². The minimum Gasteiger partial charge on any atom is -0.341 e. The normalized spacial score (nSPS) is 26.8. The van der Waals surface area contributed by atoms with Crippen molar-refractivity contribution in [2.75, 3.05) is 13.1 Å². The Hall–Kier alpha value is -1.58. The van der Waals surface area contributed by atoms with Crippen molar-refractivity contribution in [3.63, 3.8) is 0 Å². The minimum absolute atomic E-state index is 0.321. The maximum Gasteiger partial charge on any atom is 0.223 e. The summed E-state index contributed by atoms with van der Waals surface area (Å²) >= 11 is 0. The Kier molecular flexibility index (Phi) is 3.67. The summed E-state index contributed by atoms with van der Waals surface area (Å²) in [6, 6.07) is 0.402. The summed E-state index contributed by atoms with van der Waals surface area (Å²) in [5.41, 5.74) is 0. The number of allylic oxidation sites excluding steroid dienone is 2. The van der Waals surface area contributed by atoms with Crippen LogP contribution in [0.2, 0.25) is 0 Å². The first-order valence-electron chi connectivity index (χ1n) is 7.25. The largest absolute Gasteiger partial charge is 0.341 e. The molecule has 1 fully saturated rings. The van der Waals surface area contributed by atoms with Crippen LogP contribution in [0.25, 0.3) is 0 Å². The third-order valence-corrected chi connectivity index (χ3v) is 4.24. The van der Waals surface area contributed by atoms with Gasteiger partial charge < -0.3 is 9.47 Å². The van der Waals surface area contributed by atoms with Gasteiger partial charge in [-0.2, -0.15) is 0 Å². The molecule has 0 spiro atoms. The molecule has 0 saturated carbocycles. The Balaban J connectivity index is 1.58. The van der Waals surface area contributed by atoms with E-state index in [2.05, 4.69) is 21.7 Å². The lowest BCUT2D eigenvalue weighted by molar-refractivity contribution is -0.133. The third kappa shape index (κ3) is 2.88. The molecule has 3 rings (SSSR count). The topological polar surface area (TPSA) is 38.1 Å². The first-order chi connectivity index (χ1) is 9.33. The molecule has 1 aromatic heterocycles. The Labute approximate surface area is 114 Å². The molecule has 2 atom stereocenters. The van der Waals surface area contributed by atoms with Crippen LogP contribution >= 0.6 is 0 Å². The molecule has 0 N–H and O–H groups in total. The van der Waals surface area contributed by atoms with E-state index in [4.69, 9.17) is 0 Å². The Morgan fingerprint density at radius 1 is 1.37 bits per heavy atom. The summed E-state index contributed by atoms with van der Waals surface area (Å²) < 4.78 is 2.13. The number of piperidine rings is 1. The molecule has 4 heteroatoms. The van der Waals surface area contributed by atoms with Crippen LogP contribution in [0.1, 0.15) is 38.1 Å². The van der Waals surface area contributed by atoms with E-state index in [-0.39, 0.29) is 0 Å². The molecule has 4 nitrogen and oxygen atoms in total. The standard InChI is InChI=1S/C15H21N3O/c19-15(10-13-4-1-2-5-13)17-8-3-6-14(11-17)18-9-7-16-12-18/h1,4,7,9,12-14H,2-3,5-6,8,10-11H2/t13-,14+/m1/s1. The number of carbonyl (C=O) groups excluding carboxylic acids is 1. The van der Waals surface area contributed by atoms with Gasteiger partial charge in [0.1, 0.15) is 0 Å². The zero-order chi connectivity index (χ0) is 13.1. The molecule has 1 aromatic rings. The van der Waals surface area contributed by atoms with Gasteiger partial charge in [-0.3, -0.25) is 4.79 Å². The average Bonchev–Trinajstić information content (AvgIpc) is 3.12. The summed E-state index contributed by atoms with van der Waals surface area (Å²) in [6.07, 6.45) is 15.3. The smallest absolute Gasteiger partial charge is 0.223 e. The van der Waals surface area contributed by atoms with Crippen molar-refractivity contribution in [2.45, 2.75) is 38.1 Å². The Bertz CT molecular complexity index is 452. The highest BCUT2D eigenvalue weighted by molar-refractivity contribution is 5.76. The molecule has 102 valence electrons. The van der Waals surface area contributed by atoms with Crippen molar-refractivity contribution in [1.29, 1.82) is 0 Å². The van der Waals surface area contributed by atoms with Crippen LogP contribution in [0, 0.1) is 5.92 Å². The van der Waals surface area contributed by atoms with Gasteiger partial charge >= 0.3 is 0 Å². The fourth-order valence-corrected chi connectivity index (χ4v) is 3.13. The van der Waals surface area contributed by atoms with E-state index in [9.17, 15) is 4.79 Å². The van der Waals surface area contributed by atoms with Crippen LogP contribution in [-0.2, 0) is 4.79 Å². The molecule has 1 aliphatic heterocycles. The van der Waals surface area contributed by atoms with Crippen LogP contribution in [0.3, 0.4) is 0 Å². The highest BCUT2D eigenvalue weighted by Gasteiger charge is 2.26. The van der Waals surface area contributed by atoms with E-state index in [1.807, 2.05) is 23.6 Å². The van der Waals surface area contributed by atoms with Crippen molar-refractivity contribution in [2.24, 2.45) is 5.92 Å². The van der Waals surface area contributed by atoms with Crippen molar-refractivity contribution < 1.29 is 4.79 Å². The van der Waals surface area contributed by atoms with Gasteiger partial charge in [0.05, 0.1) is 12.4 Å². The highest BCUT2D eigenvalue weighted by Crippen LogP contribution is 2.25. The number of hydrogen-bond acceptors (Lipinski definition) is 2. The van der Waals surface area contributed by atoms with E-state index < -0.39 is 0 Å². The molecule has 0 aromatic carbocycles. The summed E-state index contributed by atoms with van der Waals surface area (Å²) in [7, 11) is 0. The fourth-order valence-electron chi connectivity index (χ4n) is 3.13. The maximum atomic E-state index is 12.3. The SMILES string of the molecule is O=C(C[C@@H]1C=CCC1)N1CCC[C@H](n2ccnc2)C1. The number of imidazole rings is 1. The molecule has 19 heavy (non-hydrogen) atoms. The number of amides is 1.